The minimum atomic E-state index is 0.0838. The number of ketones is 2. The van der Waals surface area contributed by atoms with Crippen molar-refractivity contribution in [1.29, 1.82) is 0 Å². The van der Waals surface area contributed by atoms with Gasteiger partial charge in [-0.3, -0.25) is 9.59 Å². The number of hydrogen-bond acceptors (Lipinski definition) is 2. The summed E-state index contributed by atoms with van der Waals surface area (Å²) in [6.45, 7) is 7.54. The van der Waals surface area contributed by atoms with Gasteiger partial charge in [-0.25, -0.2) is 0 Å². The van der Waals surface area contributed by atoms with Crippen molar-refractivity contribution in [1.82, 2.24) is 0 Å². The molecule has 0 aromatic heterocycles. The number of hydrogen-bond donors (Lipinski definition) is 0. The van der Waals surface area contributed by atoms with Crippen LogP contribution in [0.1, 0.15) is 40.5 Å². The molecular weight excluding hydrogens is 176 g/mol. The van der Waals surface area contributed by atoms with Gasteiger partial charge in [0.15, 0.2) is 0 Å². The zero-order valence-corrected chi connectivity index (χ0v) is 9.54. The largest absolute Gasteiger partial charge is 0.299 e. The lowest BCUT2D eigenvalue weighted by Crippen LogP contribution is -2.06. The lowest BCUT2D eigenvalue weighted by molar-refractivity contribution is -0.122. The third-order valence-electron chi connectivity index (χ3n) is 2.09. The van der Waals surface area contributed by atoms with Crippen LogP contribution in [0.2, 0.25) is 0 Å². The van der Waals surface area contributed by atoms with E-state index in [1.54, 1.807) is 12.2 Å². The van der Waals surface area contributed by atoms with Crippen molar-refractivity contribution < 1.29 is 9.59 Å². The molecule has 2 nitrogen and oxygen atoms in total. The summed E-state index contributed by atoms with van der Waals surface area (Å²) >= 11 is 0. The molecule has 0 aliphatic heterocycles. The maximum atomic E-state index is 11.2. The Balaban J connectivity index is 3.75. The van der Waals surface area contributed by atoms with Crippen molar-refractivity contribution in [3.8, 4) is 0 Å². The summed E-state index contributed by atoms with van der Waals surface area (Å²) in [6, 6.07) is 0. The summed E-state index contributed by atoms with van der Waals surface area (Å²) in [7, 11) is 0. The van der Waals surface area contributed by atoms with E-state index in [1.807, 2.05) is 27.7 Å². The minimum absolute atomic E-state index is 0.0838. The van der Waals surface area contributed by atoms with E-state index in [1.165, 1.54) is 0 Å². The second kappa shape index (κ2) is 6.52. The van der Waals surface area contributed by atoms with Crippen LogP contribution in [0.5, 0.6) is 0 Å². The molecule has 80 valence electrons. The zero-order chi connectivity index (χ0) is 11.1. The molecule has 2 heteroatoms. The van der Waals surface area contributed by atoms with Crippen LogP contribution in [0.4, 0.5) is 0 Å². The van der Waals surface area contributed by atoms with Crippen LogP contribution in [0.25, 0.3) is 0 Å². The lowest BCUT2D eigenvalue weighted by Gasteiger charge is -2.00. The summed E-state index contributed by atoms with van der Waals surface area (Å²) in [6.07, 6.45) is 4.48. The number of carbonyl (C=O) groups excluding carboxylic acids is 2. The van der Waals surface area contributed by atoms with Gasteiger partial charge in [0.1, 0.15) is 11.6 Å². The molecule has 0 saturated carbocycles. The number of allylic oxidation sites excluding steroid dienone is 2. The highest BCUT2D eigenvalue weighted by Gasteiger charge is 2.05. The van der Waals surface area contributed by atoms with Crippen LogP contribution >= 0.6 is 0 Å². The van der Waals surface area contributed by atoms with E-state index in [-0.39, 0.29) is 23.4 Å². The molecule has 0 aliphatic carbocycles. The van der Waals surface area contributed by atoms with Crippen LogP contribution in [0, 0.1) is 11.8 Å². The van der Waals surface area contributed by atoms with Gasteiger partial charge in [-0.2, -0.15) is 0 Å². The Kier molecular flexibility index (Phi) is 6.09. The molecule has 0 heterocycles. The highest BCUT2D eigenvalue weighted by atomic mass is 16.1. The van der Waals surface area contributed by atoms with Crippen LogP contribution < -0.4 is 0 Å². The predicted octanol–water partition coefficient (Wildman–Crippen LogP) is 2.77. The highest BCUT2D eigenvalue weighted by molar-refractivity contribution is 5.83. The van der Waals surface area contributed by atoms with E-state index in [0.717, 1.165) is 0 Å². The average Bonchev–Trinajstić information content (AvgIpc) is 2.11. The molecule has 14 heavy (non-hydrogen) atoms. The summed E-state index contributed by atoms with van der Waals surface area (Å²) in [4.78, 5) is 22.4. The molecule has 0 unspecified atom stereocenters. The van der Waals surface area contributed by atoms with Gasteiger partial charge < -0.3 is 0 Å². The van der Waals surface area contributed by atoms with E-state index in [0.29, 0.717) is 12.8 Å². The monoisotopic (exact) mass is 196 g/mol. The fourth-order valence-electron chi connectivity index (χ4n) is 0.870. The molecule has 0 saturated heterocycles. The second-order valence-corrected chi connectivity index (χ2v) is 4.12. The van der Waals surface area contributed by atoms with Crippen molar-refractivity contribution >= 4 is 11.6 Å². The van der Waals surface area contributed by atoms with Crippen molar-refractivity contribution in [3.05, 3.63) is 12.2 Å². The first-order valence-electron chi connectivity index (χ1n) is 5.15. The topological polar surface area (TPSA) is 34.1 Å². The molecule has 0 rings (SSSR count). The average molecular weight is 196 g/mol. The van der Waals surface area contributed by atoms with Crippen LogP contribution in [-0.2, 0) is 9.59 Å². The molecule has 0 radical (unpaired) electrons. The first-order valence-corrected chi connectivity index (χ1v) is 5.15. The molecule has 0 fully saturated rings. The van der Waals surface area contributed by atoms with Gasteiger partial charge >= 0.3 is 0 Å². The van der Waals surface area contributed by atoms with E-state index >= 15 is 0 Å². The Hall–Kier alpha value is -0.920. The zero-order valence-electron chi connectivity index (χ0n) is 9.54. The van der Waals surface area contributed by atoms with Crippen LogP contribution in [0.3, 0.4) is 0 Å². The smallest absolute Gasteiger partial charge is 0.139 e. The first-order chi connectivity index (χ1) is 6.45. The number of rotatable bonds is 6. The standard InChI is InChI=1S/C12H20O2/c1-9(2)11(13)7-5-6-8-12(14)10(3)4/h5-6,9-10H,7-8H2,1-4H3/b6-5-. The first kappa shape index (κ1) is 13.1. The van der Waals surface area contributed by atoms with E-state index in [2.05, 4.69) is 0 Å². The van der Waals surface area contributed by atoms with Crippen molar-refractivity contribution in [2.45, 2.75) is 40.5 Å². The van der Waals surface area contributed by atoms with Gasteiger partial charge in [0.05, 0.1) is 0 Å². The van der Waals surface area contributed by atoms with Gasteiger partial charge in [-0.1, -0.05) is 39.8 Å². The Labute approximate surface area is 86.4 Å². The van der Waals surface area contributed by atoms with Gasteiger partial charge in [-0.15, -0.1) is 0 Å². The molecule has 0 aromatic rings. The lowest BCUT2D eigenvalue weighted by atomic mass is 10.0. The Morgan fingerprint density at radius 2 is 1.14 bits per heavy atom. The maximum absolute atomic E-state index is 11.2. The highest BCUT2D eigenvalue weighted by Crippen LogP contribution is 2.02. The van der Waals surface area contributed by atoms with Crippen molar-refractivity contribution in [3.63, 3.8) is 0 Å². The summed E-state index contributed by atoms with van der Waals surface area (Å²) < 4.78 is 0. The Morgan fingerprint density at radius 1 is 0.857 bits per heavy atom. The third kappa shape index (κ3) is 5.68. The fraction of sp³-hybridized carbons (Fsp3) is 0.667. The molecular formula is C12H20O2. The molecule has 0 atom stereocenters. The summed E-state index contributed by atoms with van der Waals surface area (Å²) in [5.41, 5.74) is 0. The normalized spacial score (nSPS) is 11.6. The van der Waals surface area contributed by atoms with E-state index in [4.69, 9.17) is 0 Å². The molecule has 0 aromatic carbocycles. The van der Waals surface area contributed by atoms with E-state index in [9.17, 15) is 9.59 Å². The maximum Gasteiger partial charge on any atom is 0.139 e. The third-order valence-corrected chi connectivity index (χ3v) is 2.09. The second-order valence-electron chi connectivity index (χ2n) is 4.12. The van der Waals surface area contributed by atoms with Gasteiger partial charge in [0.2, 0.25) is 0 Å². The SMILES string of the molecule is CC(C)C(=O)C/C=C\CC(=O)C(C)C. The van der Waals surface area contributed by atoms with Crippen LogP contribution in [-0.4, -0.2) is 11.6 Å². The fourth-order valence-corrected chi connectivity index (χ4v) is 0.870. The minimum Gasteiger partial charge on any atom is -0.299 e. The quantitative estimate of drug-likeness (QED) is 0.612. The Bertz CT molecular complexity index is 200. The van der Waals surface area contributed by atoms with Gasteiger partial charge in [0.25, 0.3) is 0 Å². The summed E-state index contributed by atoms with van der Waals surface area (Å²) in [5.74, 6) is 0.609. The number of Topliss-reactive ketones (excluding diaryl/α,β-unsaturated/α-hetero) is 2. The van der Waals surface area contributed by atoms with Crippen molar-refractivity contribution in [2.75, 3.05) is 0 Å². The van der Waals surface area contributed by atoms with Gasteiger partial charge in [0, 0.05) is 24.7 Å². The van der Waals surface area contributed by atoms with Gasteiger partial charge in [-0.05, 0) is 0 Å². The molecule has 0 aliphatic rings. The molecule has 0 spiro atoms. The predicted molar refractivity (Wildman–Crippen MR) is 58.1 cm³/mol. The van der Waals surface area contributed by atoms with Crippen LogP contribution in [0.15, 0.2) is 12.2 Å². The molecule has 0 amide bonds. The Morgan fingerprint density at radius 3 is 1.36 bits per heavy atom. The van der Waals surface area contributed by atoms with E-state index < -0.39 is 0 Å². The number of carbonyl (C=O) groups is 2. The molecule has 0 N–H and O–H groups in total. The molecule has 0 bridgehead atoms. The van der Waals surface area contributed by atoms with Crippen molar-refractivity contribution in [2.24, 2.45) is 11.8 Å². The summed E-state index contributed by atoms with van der Waals surface area (Å²) in [5, 5.41) is 0.